The monoisotopic (exact) mass is 281 g/mol. The van der Waals surface area contributed by atoms with Gasteiger partial charge in [-0.1, -0.05) is 0 Å². The van der Waals surface area contributed by atoms with Crippen LogP contribution in [0, 0.1) is 13.8 Å². The minimum atomic E-state index is -0.991. The minimum Gasteiger partial charge on any atom is -0.478 e. The number of hydrogen-bond donors (Lipinski definition) is 2. The molecule has 3 rings (SSSR count). The van der Waals surface area contributed by atoms with E-state index >= 15 is 0 Å². The van der Waals surface area contributed by atoms with Crippen molar-refractivity contribution in [1.82, 2.24) is 9.55 Å². The minimum absolute atomic E-state index is 0.174. The summed E-state index contributed by atoms with van der Waals surface area (Å²) in [5, 5.41) is 8.99. The Labute approximate surface area is 121 Å². The lowest BCUT2D eigenvalue weighted by Crippen LogP contribution is -2.03. The first-order valence-corrected chi connectivity index (χ1v) is 6.55. The van der Waals surface area contributed by atoms with Crippen molar-refractivity contribution in [3.05, 3.63) is 53.3 Å². The third-order valence-electron chi connectivity index (χ3n) is 3.70. The lowest BCUT2D eigenvalue weighted by atomic mass is 10.1. The number of benzene rings is 2. The molecule has 5 heteroatoms. The average Bonchev–Trinajstić information content (AvgIpc) is 2.82. The van der Waals surface area contributed by atoms with Gasteiger partial charge in [-0.05, 0) is 55.3 Å². The standard InChI is InChI=1S/C16H15N3O2/c1-9-5-13-15(6-10(9)2)19(8-18-13)14-4-3-11(16(20)21)7-12(14)17/h3-8H,17H2,1-2H3,(H,20,21). The summed E-state index contributed by atoms with van der Waals surface area (Å²) in [5.74, 6) is -0.991. The van der Waals surface area contributed by atoms with Gasteiger partial charge in [0.2, 0.25) is 0 Å². The highest BCUT2D eigenvalue weighted by molar-refractivity contribution is 5.90. The zero-order valence-electron chi connectivity index (χ0n) is 11.8. The van der Waals surface area contributed by atoms with E-state index in [0.29, 0.717) is 5.69 Å². The van der Waals surface area contributed by atoms with E-state index in [1.807, 2.05) is 24.5 Å². The average molecular weight is 281 g/mol. The van der Waals surface area contributed by atoms with Crippen LogP contribution in [0.25, 0.3) is 16.7 Å². The molecule has 0 aliphatic heterocycles. The maximum Gasteiger partial charge on any atom is 0.335 e. The molecule has 0 fully saturated rings. The first kappa shape index (κ1) is 13.2. The van der Waals surface area contributed by atoms with Gasteiger partial charge in [0.05, 0.1) is 28.0 Å². The third-order valence-corrected chi connectivity index (χ3v) is 3.70. The number of rotatable bonds is 2. The van der Waals surface area contributed by atoms with Crippen LogP contribution in [0.3, 0.4) is 0 Å². The van der Waals surface area contributed by atoms with Gasteiger partial charge in [-0.15, -0.1) is 0 Å². The predicted molar refractivity (Wildman–Crippen MR) is 81.9 cm³/mol. The summed E-state index contributed by atoms with van der Waals surface area (Å²) < 4.78 is 1.88. The molecular formula is C16H15N3O2. The van der Waals surface area contributed by atoms with Crippen LogP contribution in [0.5, 0.6) is 0 Å². The number of carboxylic acids is 1. The van der Waals surface area contributed by atoms with E-state index in [4.69, 9.17) is 10.8 Å². The molecule has 3 aromatic rings. The summed E-state index contributed by atoms with van der Waals surface area (Å²) in [6.07, 6.45) is 1.70. The van der Waals surface area contributed by atoms with E-state index in [-0.39, 0.29) is 5.56 Å². The molecule has 21 heavy (non-hydrogen) atoms. The highest BCUT2D eigenvalue weighted by Gasteiger charge is 2.11. The molecule has 1 aromatic heterocycles. The van der Waals surface area contributed by atoms with Crippen molar-refractivity contribution in [2.24, 2.45) is 0 Å². The number of aryl methyl sites for hydroxylation is 2. The summed E-state index contributed by atoms with van der Waals surface area (Å²) >= 11 is 0. The van der Waals surface area contributed by atoms with Crippen LogP contribution in [-0.2, 0) is 0 Å². The zero-order valence-corrected chi connectivity index (χ0v) is 11.8. The van der Waals surface area contributed by atoms with Crippen molar-refractivity contribution >= 4 is 22.7 Å². The number of carbonyl (C=O) groups is 1. The number of nitrogen functional groups attached to an aromatic ring is 1. The Bertz CT molecular complexity index is 865. The van der Waals surface area contributed by atoms with Crippen LogP contribution in [0.2, 0.25) is 0 Å². The summed E-state index contributed by atoms with van der Waals surface area (Å²) in [6.45, 7) is 4.09. The quantitative estimate of drug-likeness (QED) is 0.708. The van der Waals surface area contributed by atoms with Gasteiger partial charge in [0.25, 0.3) is 0 Å². The summed E-state index contributed by atoms with van der Waals surface area (Å²) in [7, 11) is 0. The van der Waals surface area contributed by atoms with Gasteiger partial charge in [-0.3, -0.25) is 4.57 Å². The fourth-order valence-corrected chi connectivity index (χ4v) is 2.36. The van der Waals surface area contributed by atoms with Gasteiger partial charge >= 0.3 is 5.97 Å². The highest BCUT2D eigenvalue weighted by Crippen LogP contribution is 2.25. The van der Waals surface area contributed by atoms with E-state index in [1.165, 1.54) is 17.2 Å². The van der Waals surface area contributed by atoms with Crippen molar-refractivity contribution in [2.75, 3.05) is 5.73 Å². The molecule has 106 valence electrons. The van der Waals surface area contributed by atoms with E-state index in [2.05, 4.69) is 11.1 Å². The van der Waals surface area contributed by atoms with Crippen LogP contribution in [0.15, 0.2) is 36.7 Å². The SMILES string of the molecule is Cc1cc2ncn(-c3ccc(C(=O)O)cc3N)c2cc1C. The van der Waals surface area contributed by atoms with Crippen LogP contribution in [0.1, 0.15) is 21.5 Å². The van der Waals surface area contributed by atoms with Gasteiger partial charge in [-0.25, -0.2) is 9.78 Å². The molecular weight excluding hydrogens is 266 g/mol. The normalized spacial score (nSPS) is 11.0. The zero-order chi connectivity index (χ0) is 15.1. The van der Waals surface area contributed by atoms with Crippen molar-refractivity contribution in [1.29, 1.82) is 0 Å². The largest absolute Gasteiger partial charge is 0.478 e. The number of fused-ring (bicyclic) bond motifs is 1. The molecule has 0 amide bonds. The van der Waals surface area contributed by atoms with Crippen molar-refractivity contribution < 1.29 is 9.90 Å². The predicted octanol–water partition coefficient (Wildman–Crippen LogP) is 2.92. The van der Waals surface area contributed by atoms with Gasteiger partial charge in [0.1, 0.15) is 6.33 Å². The van der Waals surface area contributed by atoms with E-state index in [1.54, 1.807) is 18.5 Å². The van der Waals surface area contributed by atoms with Crippen molar-refractivity contribution in [3.63, 3.8) is 0 Å². The Hall–Kier alpha value is -2.82. The maximum atomic E-state index is 11.0. The van der Waals surface area contributed by atoms with E-state index in [9.17, 15) is 4.79 Å². The summed E-state index contributed by atoms with van der Waals surface area (Å²) in [6, 6.07) is 8.80. The maximum absolute atomic E-state index is 11.0. The number of hydrogen-bond acceptors (Lipinski definition) is 3. The van der Waals surface area contributed by atoms with Crippen LogP contribution < -0.4 is 5.73 Å². The molecule has 0 spiro atoms. The number of anilines is 1. The molecule has 0 saturated carbocycles. The Morgan fingerprint density at radius 1 is 1.19 bits per heavy atom. The summed E-state index contributed by atoms with van der Waals surface area (Å²) in [4.78, 5) is 15.4. The van der Waals surface area contributed by atoms with Gasteiger partial charge < -0.3 is 10.8 Å². The second kappa shape index (κ2) is 4.63. The topological polar surface area (TPSA) is 81.1 Å². The van der Waals surface area contributed by atoms with Crippen molar-refractivity contribution in [3.8, 4) is 5.69 Å². The molecule has 0 unspecified atom stereocenters. The second-order valence-corrected chi connectivity index (χ2v) is 5.12. The molecule has 0 aliphatic rings. The lowest BCUT2D eigenvalue weighted by Gasteiger charge is -2.09. The van der Waals surface area contributed by atoms with Crippen LogP contribution in [0.4, 0.5) is 5.69 Å². The van der Waals surface area contributed by atoms with Gasteiger partial charge in [0.15, 0.2) is 0 Å². The Morgan fingerprint density at radius 2 is 1.90 bits per heavy atom. The first-order chi connectivity index (χ1) is 9.97. The van der Waals surface area contributed by atoms with Crippen LogP contribution >= 0.6 is 0 Å². The molecule has 0 bridgehead atoms. The van der Waals surface area contributed by atoms with Gasteiger partial charge in [-0.2, -0.15) is 0 Å². The number of nitrogens with zero attached hydrogens (tertiary/aromatic N) is 2. The van der Waals surface area contributed by atoms with Crippen molar-refractivity contribution in [2.45, 2.75) is 13.8 Å². The molecule has 2 aromatic carbocycles. The second-order valence-electron chi connectivity index (χ2n) is 5.12. The first-order valence-electron chi connectivity index (χ1n) is 6.55. The Morgan fingerprint density at radius 3 is 2.57 bits per heavy atom. The molecule has 5 nitrogen and oxygen atoms in total. The number of aromatic nitrogens is 2. The number of carboxylic acid groups (broad SMARTS) is 1. The highest BCUT2D eigenvalue weighted by atomic mass is 16.4. The fraction of sp³-hybridized carbons (Fsp3) is 0.125. The summed E-state index contributed by atoms with van der Waals surface area (Å²) in [5.41, 5.74) is 11.5. The molecule has 0 atom stereocenters. The molecule has 0 aliphatic carbocycles. The van der Waals surface area contributed by atoms with E-state index < -0.39 is 5.97 Å². The van der Waals surface area contributed by atoms with E-state index in [0.717, 1.165) is 16.7 Å². The number of nitrogens with two attached hydrogens (primary N) is 1. The lowest BCUT2D eigenvalue weighted by molar-refractivity contribution is 0.0697. The number of imidazole rings is 1. The Balaban J connectivity index is 2.21. The van der Waals surface area contributed by atoms with Gasteiger partial charge in [0, 0.05) is 0 Å². The smallest absolute Gasteiger partial charge is 0.335 e. The fourth-order valence-electron chi connectivity index (χ4n) is 2.36. The molecule has 0 saturated heterocycles. The molecule has 0 radical (unpaired) electrons. The van der Waals surface area contributed by atoms with Crippen LogP contribution in [-0.4, -0.2) is 20.6 Å². The molecule has 3 N–H and O–H groups in total. The Kier molecular flexibility index (Phi) is 2.90. The number of aromatic carboxylic acids is 1. The molecule has 1 heterocycles. The third kappa shape index (κ3) is 2.12.